The van der Waals surface area contributed by atoms with Crippen LogP contribution in [-0.2, 0) is 0 Å². The number of rotatable bonds is 3. The van der Waals surface area contributed by atoms with Crippen molar-refractivity contribution in [2.24, 2.45) is 0 Å². The van der Waals surface area contributed by atoms with Crippen LogP contribution in [0.2, 0.25) is 0 Å². The Morgan fingerprint density at radius 1 is 0.850 bits per heavy atom. The topological polar surface area (TPSA) is 61.0 Å². The number of hydrogen-bond donors (Lipinski definition) is 1. The van der Waals surface area contributed by atoms with E-state index < -0.39 is 0 Å². The summed E-state index contributed by atoms with van der Waals surface area (Å²) in [6.45, 7) is 0. The molecule has 3 rings (SSSR count). The van der Waals surface area contributed by atoms with Crippen LogP contribution in [0.5, 0.6) is 11.5 Å². The summed E-state index contributed by atoms with van der Waals surface area (Å²) in [4.78, 5) is 7.97. The van der Waals surface area contributed by atoms with E-state index in [0.29, 0.717) is 5.82 Å². The normalized spacial score (nSPS) is 10.2. The van der Waals surface area contributed by atoms with Crippen LogP contribution in [-0.4, -0.2) is 9.97 Å². The third-order valence-corrected chi connectivity index (χ3v) is 2.89. The summed E-state index contributed by atoms with van der Waals surface area (Å²) >= 11 is 0. The van der Waals surface area contributed by atoms with Gasteiger partial charge >= 0.3 is 0 Å². The smallest absolute Gasteiger partial charge is 0.134 e. The number of benzene rings is 2. The molecule has 0 bridgehead atoms. The molecule has 0 aliphatic carbocycles. The second kappa shape index (κ2) is 5.40. The van der Waals surface area contributed by atoms with Gasteiger partial charge in [-0.25, -0.2) is 9.97 Å². The summed E-state index contributed by atoms with van der Waals surface area (Å²) in [5.74, 6) is 2.05. The first-order valence-corrected chi connectivity index (χ1v) is 6.22. The standard InChI is InChI=1S/C16H13N3O/c17-16-15(10-18-11-19-16)12-6-8-14(9-7-12)20-13-4-2-1-3-5-13/h1-11H,(H2,17,18,19). The summed E-state index contributed by atoms with van der Waals surface area (Å²) in [6.07, 6.45) is 3.14. The van der Waals surface area contributed by atoms with Gasteiger partial charge in [0.25, 0.3) is 0 Å². The monoisotopic (exact) mass is 263 g/mol. The fourth-order valence-corrected chi connectivity index (χ4v) is 1.89. The molecule has 4 nitrogen and oxygen atoms in total. The summed E-state index contributed by atoms with van der Waals surface area (Å²) < 4.78 is 5.74. The third-order valence-electron chi connectivity index (χ3n) is 2.89. The van der Waals surface area contributed by atoms with Gasteiger partial charge in [-0.05, 0) is 29.8 Å². The van der Waals surface area contributed by atoms with E-state index in [1.54, 1.807) is 6.20 Å². The maximum absolute atomic E-state index is 5.83. The van der Waals surface area contributed by atoms with Crippen molar-refractivity contribution in [1.82, 2.24) is 9.97 Å². The van der Waals surface area contributed by atoms with Gasteiger partial charge in [0.1, 0.15) is 23.6 Å². The van der Waals surface area contributed by atoms with Crippen LogP contribution in [0.4, 0.5) is 5.82 Å². The highest BCUT2D eigenvalue weighted by molar-refractivity contribution is 5.72. The molecule has 0 aliphatic rings. The zero-order valence-electron chi connectivity index (χ0n) is 10.7. The average molecular weight is 263 g/mol. The first-order chi connectivity index (χ1) is 9.83. The number of anilines is 1. The van der Waals surface area contributed by atoms with Crippen LogP contribution in [0.1, 0.15) is 0 Å². The van der Waals surface area contributed by atoms with Crippen LogP contribution in [0.15, 0.2) is 67.1 Å². The van der Waals surface area contributed by atoms with Gasteiger partial charge in [-0.3, -0.25) is 0 Å². The fraction of sp³-hybridized carbons (Fsp3) is 0. The number of nitrogens with two attached hydrogens (primary N) is 1. The molecule has 4 heteroatoms. The minimum absolute atomic E-state index is 0.469. The van der Waals surface area contributed by atoms with Gasteiger partial charge in [-0.15, -0.1) is 0 Å². The minimum Gasteiger partial charge on any atom is -0.457 e. The molecular formula is C16H13N3O. The highest BCUT2D eigenvalue weighted by Crippen LogP contribution is 2.27. The van der Waals surface area contributed by atoms with Gasteiger partial charge in [0, 0.05) is 11.8 Å². The molecule has 0 atom stereocenters. The van der Waals surface area contributed by atoms with E-state index >= 15 is 0 Å². The average Bonchev–Trinajstić information content (AvgIpc) is 2.50. The van der Waals surface area contributed by atoms with Crippen molar-refractivity contribution in [3.63, 3.8) is 0 Å². The van der Waals surface area contributed by atoms with E-state index in [2.05, 4.69) is 9.97 Å². The van der Waals surface area contributed by atoms with E-state index in [-0.39, 0.29) is 0 Å². The van der Waals surface area contributed by atoms with Gasteiger partial charge < -0.3 is 10.5 Å². The molecule has 0 spiro atoms. The maximum atomic E-state index is 5.83. The van der Waals surface area contributed by atoms with E-state index in [4.69, 9.17) is 10.5 Å². The van der Waals surface area contributed by atoms with Crippen LogP contribution in [0.25, 0.3) is 11.1 Å². The van der Waals surface area contributed by atoms with Gasteiger partial charge in [-0.1, -0.05) is 30.3 Å². The van der Waals surface area contributed by atoms with E-state index in [9.17, 15) is 0 Å². The number of nitrogen functional groups attached to an aromatic ring is 1. The molecule has 2 N–H and O–H groups in total. The lowest BCUT2D eigenvalue weighted by Gasteiger charge is -2.07. The molecule has 0 unspecified atom stereocenters. The summed E-state index contributed by atoms with van der Waals surface area (Å²) in [5, 5.41) is 0. The van der Waals surface area contributed by atoms with Crippen molar-refractivity contribution in [3.05, 3.63) is 67.1 Å². The van der Waals surface area contributed by atoms with Crippen molar-refractivity contribution in [2.75, 3.05) is 5.73 Å². The Morgan fingerprint density at radius 2 is 1.55 bits per heavy atom. The third kappa shape index (κ3) is 2.59. The molecular weight excluding hydrogens is 250 g/mol. The van der Waals surface area contributed by atoms with Gasteiger partial charge in [-0.2, -0.15) is 0 Å². The zero-order valence-corrected chi connectivity index (χ0v) is 10.7. The van der Waals surface area contributed by atoms with Gasteiger partial charge in [0.2, 0.25) is 0 Å². The summed E-state index contributed by atoms with van der Waals surface area (Å²) in [6, 6.07) is 17.3. The van der Waals surface area contributed by atoms with Gasteiger partial charge in [0.15, 0.2) is 0 Å². The molecule has 0 amide bonds. The van der Waals surface area contributed by atoms with E-state index in [0.717, 1.165) is 22.6 Å². The molecule has 1 heterocycles. The van der Waals surface area contributed by atoms with Crippen molar-refractivity contribution < 1.29 is 4.74 Å². The molecule has 2 aromatic carbocycles. The molecule has 0 saturated carbocycles. The lowest BCUT2D eigenvalue weighted by Crippen LogP contribution is -1.94. The summed E-state index contributed by atoms with van der Waals surface area (Å²) in [7, 11) is 0. The van der Waals surface area contributed by atoms with E-state index in [1.807, 2.05) is 54.6 Å². The number of para-hydroxylation sites is 1. The van der Waals surface area contributed by atoms with Crippen LogP contribution >= 0.6 is 0 Å². The Bertz CT molecular complexity index is 696. The lowest BCUT2D eigenvalue weighted by atomic mass is 10.1. The quantitative estimate of drug-likeness (QED) is 0.785. The van der Waals surface area contributed by atoms with E-state index in [1.165, 1.54) is 6.33 Å². The Morgan fingerprint density at radius 3 is 2.25 bits per heavy atom. The first-order valence-electron chi connectivity index (χ1n) is 6.22. The number of nitrogens with zero attached hydrogens (tertiary/aromatic N) is 2. The molecule has 0 radical (unpaired) electrons. The van der Waals surface area contributed by atoms with Crippen molar-refractivity contribution in [3.8, 4) is 22.6 Å². The predicted octanol–water partition coefficient (Wildman–Crippen LogP) is 3.52. The highest BCUT2D eigenvalue weighted by Gasteiger charge is 2.04. The van der Waals surface area contributed by atoms with Crippen LogP contribution in [0, 0.1) is 0 Å². The molecule has 1 aromatic heterocycles. The Balaban J connectivity index is 1.83. The predicted molar refractivity (Wildman–Crippen MR) is 78.4 cm³/mol. The largest absolute Gasteiger partial charge is 0.457 e. The maximum Gasteiger partial charge on any atom is 0.134 e. The second-order valence-corrected chi connectivity index (χ2v) is 4.26. The SMILES string of the molecule is Nc1ncncc1-c1ccc(Oc2ccccc2)cc1. The van der Waals surface area contributed by atoms with Crippen LogP contribution in [0.3, 0.4) is 0 Å². The summed E-state index contributed by atoms with van der Waals surface area (Å²) in [5.41, 5.74) is 7.61. The zero-order chi connectivity index (χ0) is 13.8. The molecule has 20 heavy (non-hydrogen) atoms. The van der Waals surface area contributed by atoms with Crippen molar-refractivity contribution in [2.45, 2.75) is 0 Å². The number of ether oxygens (including phenoxy) is 1. The van der Waals surface area contributed by atoms with Crippen LogP contribution < -0.4 is 10.5 Å². The fourth-order valence-electron chi connectivity index (χ4n) is 1.89. The molecule has 0 saturated heterocycles. The Hall–Kier alpha value is -2.88. The van der Waals surface area contributed by atoms with Gasteiger partial charge in [0.05, 0.1) is 0 Å². The lowest BCUT2D eigenvalue weighted by molar-refractivity contribution is 0.483. The van der Waals surface area contributed by atoms with Crippen molar-refractivity contribution >= 4 is 5.82 Å². The second-order valence-electron chi connectivity index (χ2n) is 4.26. The highest BCUT2D eigenvalue weighted by atomic mass is 16.5. The number of hydrogen-bond acceptors (Lipinski definition) is 4. The Labute approximate surface area is 116 Å². The molecule has 3 aromatic rings. The number of aromatic nitrogens is 2. The Kier molecular flexibility index (Phi) is 3.29. The molecule has 0 fully saturated rings. The molecule has 0 aliphatic heterocycles. The minimum atomic E-state index is 0.469. The molecule has 98 valence electrons. The first kappa shape index (κ1) is 12.2. The van der Waals surface area contributed by atoms with Crippen molar-refractivity contribution in [1.29, 1.82) is 0 Å².